The zero-order chi connectivity index (χ0) is 22.8. The van der Waals surface area contributed by atoms with Crippen LogP contribution in [0, 0.1) is 0 Å². The van der Waals surface area contributed by atoms with Crippen LogP contribution in [-0.4, -0.2) is 49.2 Å². The summed E-state index contributed by atoms with van der Waals surface area (Å²) in [6, 6.07) is 0.999. The van der Waals surface area contributed by atoms with E-state index in [4.69, 9.17) is 32.7 Å². The average molecular weight is 463 g/mol. The molecule has 0 unspecified atom stereocenters. The molecule has 1 aromatic carbocycles. The number of urea groups is 2. The zero-order valence-corrected chi connectivity index (χ0v) is 18.4. The lowest BCUT2D eigenvalue weighted by Gasteiger charge is -2.13. The van der Waals surface area contributed by atoms with Crippen LogP contribution in [0.3, 0.4) is 0 Å². The van der Waals surface area contributed by atoms with E-state index < -0.39 is 37.1 Å². The fourth-order valence-electron chi connectivity index (χ4n) is 1.94. The molecule has 6 amide bonds. The summed E-state index contributed by atoms with van der Waals surface area (Å²) in [6.07, 6.45) is 0. The van der Waals surface area contributed by atoms with Crippen LogP contribution in [0.2, 0.25) is 10.0 Å². The van der Waals surface area contributed by atoms with Crippen molar-refractivity contribution in [1.82, 2.24) is 21.3 Å². The third-order valence-corrected chi connectivity index (χ3v) is 3.64. The van der Waals surface area contributed by atoms with Gasteiger partial charge < -0.3 is 20.1 Å². The van der Waals surface area contributed by atoms with E-state index in [0.29, 0.717) is 0 Å². The molecular weight excluding hydrogens is 439 g/mol. The monoisotopic (exact) mass is 462 g/mol. The second-order valence-corrected chi connectivity index (χ2v) is 7.46. The summed E-state index contributed by atoms with van der Waals surface area (Å²) in [5.74, 6) is -1.30. The minimum absolute atomic E-state index is 0.0495. The molecule has 166 valence electrons. The summed E-state index contributed by atoms with van der Waals surface area (Å²) < 4.78 is 10.6. The van der Waals surface area contributed by atoms with Crippen LogP contribution in [0.15, 0.2) is 12.1 Å². The first-order valence-electron chi connectivity index (χ1n) is 8.93. The Morgan fingerprint density at radius 3 is 1.47 bits per heavy atom. The largest absolute Gasteiger partial charge is 0.482 e. The molecule has 0 fully saturated rings. The zero-order valence-electron chi connectivity index (χ0n) is 16.9. The minimum Gasteiger partial charge on any atom is -0.482 e. The molecule has 0 aliphatic carbocycles. The quantitative estimate of drug-likeness (QED) is 0.467. The molecule has 0 atom stereocenters. The van der Waals surface area contributed by atoms with Crippen LogP contribution in [0.5, 0.6) is 11.5 Å². The van der Waals surface area contributed by atoms with Crippen molar-refractivity contribution in [3.8, 4) is 11.5 Å². The van der Waals surface area contributed by atoms with Crippen molar-refractivity contribution in [2.75, 3.05) is 13.2 Å². The number of nitrogens with one attached hydrogen (secondary N) is 4. The molecule has 0 saturated heterocycles. The van der Waals surface area contributed by atoms with Crippen LogP contribution in [0.25, 0.3) is 0 Å². The first-order chi connectivity index (χ1) is 14.0. The lowest BCUT2D eigenvalue weighted by molar-refractivity contribution is -0.122. The Morgan fingerprint density at radius 2 is 1.13 bits per heavy atom. The van der Waals surface area contributed by atoms with Gasteiger partial charge in [-0.1, -0.05) is 23.2 Å². The van der Waals surface area contributed by atoms with Crippen molar-refractivity contribution in [2.45, 2.75) is 39.8 Å². The van der Waals surface area contributed by atoms with Gasteiger partial charge in [0.05, 0.1) is 10.0 Å². The SMILES string of the molecule is CC(C)NC(=O)NC(=O)COc1cc(OCC(=O)NC(=O)NC(C)C)c(Cl)cc1Cl. The van der Waals surface area contributed by atoms with Crippen LogP contribution < -0.4 is 30.7 Å². The summed E-state index contributed by atoms with van der Waals surface area (Å²) in [5, 5.41) is 9.36. The van der Waals surface area contributed by atoms with Gasteiger partial charge in [-0.3, -0.25) is 20.2 Å². The molecule has 0 spiro atoms. The molecule has 0 radical (unpaired) electrons. The van der Waals surface area contributed by atoms with Gasteiger partial charge in [-0.05, 0) is 33.8 Å². The Balaban J connectivity index is 2.64. The Morgan fingerprint density at radius 1 is 0.767 bits per heavy atom. The molecule has 0 aromatic heterocycles. The van der Waals surface area contributed by atoms with Gasteiger partial charge in [-0.2, -0.15) is 0 Å². The van der Waals surface area contributed by atoms with Gasteiger partial charge in [0.1, 0.15) is 11.5 Å². The number of benzene rings is 1. The minimum atomic E-state index is -0.697. The van der Waals surface area contributed by atoms with Gasteiger partial charge in [0.25, 0.3) is 11.8 Å². The van der Waals surface area contributed by atoms with Gasteiger partial charge in [0.15, 0.2) is 13.2 Å². The third kappa shape index (κ3) is 9.66. The molecular formula is C18H24Cl2N4O6. The van der Waals surface area contributed by atoms with Crippen molar-refractivity contribution in [3.05, 3.63) is 22.2 Å². The van der Waals surface area contributed by atoms with E-state index in [0.717, 1.165) is 0 Å². The average Bonchev–Trinajstić information content (AvgIpc) is 2.58. The number of rotatable bonds is 8. The van der Waals surface area contributed by atoms with E-state index in [1.165, 1.54) is 12.1 Å². The maximum absolute atomic E-state index is 11.8. The van der Waals surface area contributed by atoms with Gasteiger partial charge in [0.2, 0.25) is 0 Å². The molecule has 0 bridgehead atoms. The van der Waals surface area contributed by atoms with Crippen LogP contribution >= 0.6 is 23.2 Å². The Bertz CT molecular complexity index is 740. The van der Waals surface area contributed by atoms with Gasteiger partial charge >= 0.3 is 12.1 Å². The van der Waals surface area contributed by atoms with Crippen molar-refractivity contribution in [2.24, 2.45) is 0 Å². The lowest BCUT2D eigenvalue weighted by Crippen LogP contribution is -2.44. The fourth-order valence-corrected chi connectivity index (χ4v) is 2.43. The highest BCUT2D eigenvalue weighted by atomic mass is 35.5. The Hall–Kier alpha value is -2.72. The highest BCUT2D eigenvalue weighted by Crippen LogP contribution is 2.35. The summed E-state index contributed by atoms with van der Waals surface area (Å²) in [7, 11) is 0. The molecule has 1 aromatic rings. The molecule has 4 N–H and O–H groups in total. The van der Waals surface area contributed by atoms with Crippen LogP contribution in [0.4, 0.5) is 9.59 Å². The van der Waals surface area contributed by atoms with Gasteiger partial charge in [-0.25, -0.2) is 9.59 Å². The number of carbonyl (C=O) groups is 4. The number of imide groups is 2. The Kier molecular flexibility index (Phi) is 10.2. The highest BCUT2D eigenvalue weighted by Gasteiger charge is 2.15. The van der Waals surface area contributed by atoms with Crippen molar-refractivity contribution < 1.29 is 28.7 Å². The number of carbonyl (C=O) groups excluding carboxylic acids is 4. The van der Waals surface area contributed by atoms with E-state index in [9.17, 15) is 19.2 Å². The molecule has 0 saturated carbocycles. The molecule has 1 rings (SSSR count). The van der Waals surface area contributed by atoms with Crippen molar-refractivity contribution in [1.29, 1.82) is 0 Å². The molecule has 0 aliphatic heterocycles. The summed E-state index contributed by atoms with van der Waals surface area (Å²) in [6.45, 7) is 5.97. The molecule has 0 aliphatic rings. The highest BCUT2D eigenvalue weighted by molar-refractivity contribution is 6.36. The van der Waals surface area contributed by atoms with E-state index >= 15 is 0 Å². The number of ether oxygens (including phenoxy) is 2. The van der Waals surface area contributed by atoms with Crippen LogP contribution in [-0.2, 0) is 9.59 Å². The number of hydrogen-bond acceptors (Lipinski definition) is 6. The van der Waals surface area contributed by atoms with E-state index in [-0.39, 0.29) is 33.6 Å². The lowest BCUT2D eigenvalue weighted by atomic mass is 10.3. The van der Waals surface area contributed by atoms with E-state index in [1.54, 1.807) is 27.7 Å². The maximum Gasteiger partial charge on any atom is 0.321 e. The topological polar surface area (TPSA) is 135 Å². The molecule has 10 nitrogen and oxygen atoms in total. The van der Waals surface area contributed by atoms with Crippen molar-refractivity contribution >= 4 is 47.1 Å². The second-order valence-electron chi connectivity index (χ2n) is 6.64. The predicted octanol–water partition coefficient (Wildman–Crippen LogP) is 2.22. The smallest absolute Gasteiger partial charge is 0.321 e. The number of hydrogen-bond donors (Lipinski definition) is 4. The normalized spacial score (nSPS) is 10.4. The molecule has 30 heavy (non-hydrogen) atoms. The van der Waals surface area contributed by atoms with Crippen molar-refractivity contribution in [3.63, 3.8) is 0 Å². The van der Waals surface area contributed by atoms with Gasteiger partial charge in [-0.15, -0.1) is 0 Å². The first kappa shape index (κ1) is 25.3. The fraction of sp³-hybridized carbons (Fsp3) is 0.444. The van der Waals surface area contributed by atoms with E-state index in [1.807, 2.05) is 0 Å². The van der Waals surface area contributed by atoms with Crippen LogP contribution in [0.1, 0.15) is 27.7 Å². The van der Waals surface area contributed by atoms with Gasteiger partial charge in [0, 0.05) is 18.2 Å². The standard InChI is InChI=1S/C18H24Cl2N4O6/c1-9(2)21-17(27)23-15(25)7-29-13-6-14(12(20)5-11(13)19)30-8-16(26)24-18(28)22-10(3)4/h5-6,9-10H,7-8H2,1-4H3,(H2,21,23,25,27)(H2,22,24,26,28). The van der Waals surface area contributed by atoms with E-state index in [2.05, 4.69) is 21.3 Å². The molecule has 12 heteroatoms. The first-order valence-corrected chi connectivity index (χ1v) is 9.68. The maximum atomic E-state index is 11.8. The number of halogens is 2. The number of amides is 6. The summed E-state index contributed by atoms with van der Waals surface area (Å²) in [5.41, 5.74) is 0. The third-order valence-electron chi connectivity index (χ3n) is 3.05. The second kappa shape index (κ2) is 12.1. The molecule has 0 heterocycles. The predicted molar refractivity (Wildman–Crippen MR) is 111 cm³/mol. The summed E-state index contributed by atoms with van der Waals surface area (Å²) in [4.78, 5) is 46.5. The summed E-state index contributed by atoms with van der Waals surface area (Å²) >= 11 is 12.1. The Labute approximate surface area is 183 Å².